The predicted octanol–water partition coefficient (Wildman–Crippen LogP) is 1.60. The van der Waals surface area contributed by atoms with E-state index >= 15 is 0 Å². The first-order valence-electron chi connectivity index (χ1n) is 6.18. The number of hydrogen-bond acceptors (Lipinski definition) is 5. The molecule has 1 heterocycles. The van der Waals surface area contributed by atoms with Crippen LogP contribution in [0.25, 0.3) is 0 Å². The first-order chi connectivity index (χ1) is 9.99. The average molecular weight is 285 g/mol. The molecule has 6 nitrogen and oxygen atoms in total. The van der Waals surface area contributed by atoms with Gasteiger partial charge >= 0.3 is 0 Å². The van der Waals surface area contributed by atoms with Gasteiger partial charge in [0.2, 0.25) is 0 Å². The lowest BCUT2D eigenvalue weighted by molar-refractivity contribution is 0.0642. The van der Waals surface area contributed by atoms with Gasteiger partial charge in [0, 0.05) is 0 Å². The van der Waals surface area contributed by atoms with E-state index in [-0.39, 0.29) is 6.54 Å². The lowest BCUT2D eigenvalue weighted by Crippen LogP contribution is -2.29. The number of phenols is 3. The van der Waals surface area contributed by atoms with Gasteiger partial charge in [-0.05, 0) is 29.8 Å². The molecule has 0 saturated heterocycles. The number of phenolic OH excluding ortho intramolecular Hbond substituents is 3. The Morgan fingerprint density at radius 1 is 0.857 bits per heavy atom. The Hall–Kier alpha value is -3.02. The van der Waals surface area contributed by atoms with Crippen LogP contribution in [0.5, 0.6) is 17.2 Å². The third kappa shape index (κ3) is 1.97. The molecule has 0 radical (unpaired) electrons. The maximum atomic E-state index is 12.2. The molecule has 0 unspecified atom stereocenters. The molecule has 106 valence electrons. The average Bonchev–Trinajstić information content (AvgIpc) is 2.70. The van der Waals surface area contributed by atoms with Crippen molar-refractivity contribution in [3.8, 4) is 17.2 Å². The van der Waals surface area contributed by atoms with Crippen LogP contribution in [0.15, 0.2) is 36.4 Å². The van der Waals surface area contributed by atoms with E-state index in [4.69, 9.17) is 0 Å². The van der Waals surface area contributed by atoms with E-state index in [9.17, 15) is 24.9 Å². The third-order valence-electron chi connectivity index (χ3n) is 3.35. The van der Waals surface area contributed by atoms with Gasteiger partial charge in [-0.15, -0.1) is 0 Å². The van der Waals surface area contributed by atoms with Gasteiger partial charge in [-0.2, -0.15) is 0 Å². The van der Waals surface area contributed by atoms with Gasteiger partial charge in [-0.1, -0.05) is 12.1 Å². The summed E-state index contributed by atoms with van der Waals surface area (Å²) in [6, 6.07) is 8.87. The van der Waals surface area contributed by atoms with Crippen molar-refractivity contribution >= 4 is 11.8 Å². The van der Waals surface area contributed by atoms with Crippen LogP contribution in [-0.2, 0) is 6.54 Å². The summed E-state index contributed by atoms with van der Waals surface area (Å²) < 4.78 is 0. The minimum Gasteiger partial charge on any atom is -0.504 e. The van der Waals surface area contributed by atoms with Crippen LogP contribution in [0.1, 0.15) is 26.3 Å². The summed E-state index contributed by atoms with van der Waals surface area (Å²) in [4.78, 5) is 25.4. The molecule has 1 aliphatic rings. The molecule has 21 heavy (non-hydrogen) atoms. The first kappa shape index (κ1) is 13.0. The Kier molecular flexibility index (Phi) is 2.79. The number of benzene rings is 2. The second kappa shape index (κ2) is 4.52. The van der Waals surface area contributed by atoms with Crippen molar-refractivity contribution in [2.75, 3.05) is 0 Å². The molecular formula is C15H11NO5. The number of carbonyl (C=O) groups excluding carboxylic acids is 2. The monoisotopic (exact) mass is 285 g/mol. The van der Waals surface area contributed by atoms with Crippen LogP contribution in [0, 0.1) is 0 Å². The van der Waals surface area contributed by atoms with Crippen molar-refractivity contribution in [2.24, 2.45) is 0 Å². The normalized spacial score (nSPS) is 13.6. The second-order valence-electron chi connectivity index (χ2n) is 4.72. The van der Waals surface area contributed by atoms with E-state index in [1.807, 2.05) is 0 Å². The van der Waals surface area contributed by atoms with E-state index < -0.39 is 29.1 Å². The van der Waals surface area contributed by atoms with Gasteiger partial charge < -0.3 is 15.3 Å². The van der Waals surface area contributed by atoms with E-state index in [1.54, 1.807) is 24.3 Å². The zero-order valence-electron chi connectivity index (χ0n) is 10.8. The molecule has 0 aromatic heterocycles. The maximum absolute atomic E-state index is 12.2. The number of rotatable bonds is 2. The molecule has 0 aliphatic carbocycles. The molecule has 2 aromatic rings. The highest BCUT2D eigenvalue weighted by molar-refractivity contribution is 6.21. The molecule has 6 heteroatoms. The zero-order chi connectivity index (χ0) is 15.1. The molecule has 2 aromatic carbocycles. The molecule has 1 aliphatic heterocycles. The van der Waals surface area contributed by atoms with Crippen molar-refractivity contribution in [2.45, 2.75) is 6.54 Å². The number of fused-ring (bicyclic) bond motifs is 1. The zero-order valence-corrected chi connectivity index (χ0v) is 10.8. The maximum Gasteiger partial charge on any atom is 0.261 e. The summed E-state index contributed by atoms with van der Waals surface area (Å²) in [6.07, 6.45) is 0. The van der Waals surface area contributed by atoms with Crippen molar-refractivity contribution in [3.05, 3.63) is 53.1 Å². The van der Waals surface area contributed by atoms with Gasteiger partial charge in [0.25, 0.3) is 11.8 Å². The fourth-order valence-corrected chi connectivity index (χ4v) is 2.32. The molecule has 3 N–H and O–H groups in total. The van der Waals surface area contributed by atoms with E-state index in [1.165, 1.54) is 12.1 Å². The number of carbonyl (C=O) groups is 2. The lowest BCUT2D eigenvalue weighted by atomic mass is 10.1. The molecule has 0 saturated carbocycles. The number of aromatic hydroxyl groups is 3. The van der Waals surface area contributed by atoms with Crippen LogP contribution in [0.4, 0.5) is 0 Å². The fourth-order valence-electron chi connectivity index (χ4n) is 2.32. The molecule has 0 spiro atoms. The number of amides is 2. The predicted molar refractivity (Wildman–Crippen MR) is 72.1 cm³/mol. The SMILES string of the molecule is O=C1c2ccccc2C(=O)N1Cc1cc(O)c(O)c(O)c1. The topological polar surface area (TPSA) is 98.1 Å². The van der Waals surface area contributed by atoms with E-state index in [0.29, 0.717) is 16.7 Å². The first-order valence-corrected chi connectivity index (χ1v) is 6.18. The van der Waals surface area contributed by atoms with E-state index in [2.05, 4.69) is 0 Å². The minimum atomic E-state index is -0.638. The van der Waals surface area contributed by atoms with Gasteiger partial charge in [-0.3, -0.25) is 14.5 Å². The highest BCUT2D eigenvalue weighted by Crippen LogP contribution is 2.36. The van der Waals surface area contributed by atoms with Crippen LogP contribution in [0.2, 0.25) is 0 Å². The summed E-state index contributed by atoms with van der Waals surface area (Å²) >= 11 is 0. The Morgan fingerprint density at radius 2 is 1.33 bits per heavy atom. The van der Waals surface area contributed by atoms with Gasteiger partial charge in [0.1, 0.15) is 0 Å². The molecular weight excluding hydrogens is 274 g/mol. The Labute approximate surface area is 119 Å². The Bertz CT molecular complexity index is 710. The highest BCUT2D eigenvalue weighted by Gasteiger charge is 2.35. The quantitative estimate of drug-likeness (QED) is 0.575. The minimum absolute atomic E-state index is 0.103. The van der Waals surface area contributed by atoms with Gasteiger partial charge in [0.05, 0.1) is 17.7 Å². The largest absolute Gasteiger partial charge is 0.504 e. The van der Waals surface area contributed by atoms with Crippen LogP contribution in [-0.4, -0.2) is 32.0 Å². The second-order valence-corrected chi connectivity index (χ2v) is 4.72. The molecule has 0 fully saturated rings. The van der Waals surface area contributed by atoms with Gasteiger partial charge in [0.15, 0.2) is 17.2 Å². The number of nitrogens with zero attached hydrogens (tertiary/aromatic N) is 1. The molecule has 0 bridgehead atoms. The fraction of sp³-hybridized carbons (Fsp3) is 0.0667. The van der Waals surface area contributed by atoms with Crippen molar-refractivity contribution in [1.29, 1.82) is 0 Å². The lowest BCUT2D eigenvalue weighted by Gasteiger charge is -2.14. The van der Waals surface area contributed by atoms with Crippen molar-refractivity contribution in [3.63, 3.8) is 0 Å². The highest BCUT2D eigenvalue weighted by atomic mass is 16.3. The summed E-state index contributed by atoms with van der Waals surface area (Å²) in [5.41, 5.74) is 0.988. The summed E-state index contributed by atoms with van der Waals surface area (Å²) in [7, 11) is 0. The number of hydrogen-bond donors (Lipinski definition) is 3. The van der Waals surface area contributed by atoms with Crippen LogP contribution < -0.4 is 0 Å². The van der Waals surface area contributed by atoms with Crippen LogP contribution in [0.3, 0.4) is 0 Å². The Morgan fingerprint density at radius 3 is 1.81 bits per heavy atom. The molecule has 0 atom stereocenters. The van der Waals surface area contributed by atoms with Crippen LogP contribution >= 0.6 is 0 Å². The van der Waals surface area contributed by atoms with Crippen molar-refractivity contribution in [1.82, 2.24) is 4.90 Å². The Balaban J connectivity index is 1.94. The standard InChI is InChI=1S/C15H11NO5/c17-11-5-8(6-12(18)13(11)19)7-16-14(20)9-3-1-2-4-10(9)15(16)21/h1-6,17-19H,7H2. The molecule has 2 amide bonds. The summed E-state index contributed by atoms with van der Waals surface area (Å²) in [5.74, 6) is -2.52. The van der Waals surface area contributed by atoms with Crippen molar-refractivity contribution < 1.29 is 24.9 Å². The number of imide groups is 1. The summed E-state index contributed by atoms with van der Waals surface area (Å²) in [6.45, 7) is -0.103. The smallest absolute Gasteiger partial charge is 0.261 e. The van der Waals surface area contributed by atoms with Gasteiger partial charge in [-0.25, -0.2) is 0 Å². The third-order valence-corrected chi connectivity index (χ3v) is 3.35. The van der Waals surface area contributed by atoms with E-state index in [0.717, 1.165) is 4.90 Å². The summed E-state index contributed by atoms with van der Waals surface area (Å²) in [5, 5.41) is 28.2. The molecule has 3 rings (SSSR count).